The van der Waals surface area contributed by atoms with Gasteiger partial charge in [-0.15, -0.1) is 0 Å². The molecule has 1 saturated carbocycles. The van der Waals surface area contributed by atoms with Gasteiger partial charge >= 0.3 is 0 Å². The summed E-state index contributed by atoms with van der Waals surface area (Å²) in [5.74, 6) is 0.930. The summed E-state index contributed by atoms with van der Waals surface area (Å²) in [6.07, 6.45) is 7.56. The summed E-state index contributed by atoms with van der Waals surface area (Å²) in [5.41, 5.74) is 2.02. The highest BCUT2D eigenvalue weighted by molar-refractivity contribution is 7.99. The number of aryl methyl sites for hydroxylation is 2. The normalized spacial score (nSPS) is 24.5. The minimum atomic E-state index is -0.0160. The SMILES string of the molecule is Cc1cc(C)nc(S[C@H]2C[C@@H](C(=O)NC(C)C)N(CC3CCCCC3)C2)n1. The molecule has 2 heterocycles. The second-order valence-corrected chi connectivity index (χ2v) is 9.81. The van der Waals surface area contributed by atoms with Crippen molar-refractivity contribution in [2.24, 2.45) is 5.92 Å². The van der Waals surface area contributed by atoms with Crippen molar-refractivity contribution < 1.29 is 4.79 Å². The van der Waals surface area contributed by atoms with Crippen LogP contribution in [0.3, 0.4) is 0 Å². The van der Waals surface area contributed by atoms with Crippen LogP contribution < -0.4 is 5.32 Å². The summed E-state index contributed by atoms with van der Waals surface area (Å²) >= 11 is 1.74. The van der Waals surface area contributed by atoms with Gasteiger partial charge in [0.2, 0.25) is 5.91 Å². The number of hydrogen-bond donors (Lipinski definition) is 1. The van der Waals surface area contributed by atoms with Crippen molar-refractivity contribution in [3.63, 3.8) is 0 Å². The van der Waals surface area contributed by atoms with Crippen molar-refractivity contribution in [1.82, 2.24) is 20.2 Å². The molecular formula is C21H34N4OS. The first-order chi connectivity index (χ1) is 12.9. The number of amides is 1. The summed E-state index contributed by atoms with van der Waals surface area (Å²) < 4.78 is 0. The van der Waals surface area contributed by atoms with Gasteiger partial charge in [-0.2, -0.15) is 0 Å². The van der Waals surface area contributed by atoms with E-state index in [1.54, 1.807) is 11.8 Å². The summed E-state index contributed by atoms with van der Waals surface area (Å²) in [7, 11) is 0. The first-order valence-electron chi connectivity index (χ1n) is 10.4. The highest BCUT2D eigenvalue weighted by Crippen LogP contribution is 2.34. The van der Waals surface area contributed by atoms with Crippen LogP contribution in [-0.2, 0) is 4.79 Å². The van der Waals surface area contributed by atoms with Gasteiger partial charge in [0.25, 0.3) is 0 Å². The third-order valence-electron chi connectivity index (χ3n) is 5.55. The number of nitrogens with one attached hydrogen (secondary N) is 1. The molecular weight excluding hydrogens is 356 g/mol. The summed E-state index contributed by atoms with van der Waals surface area (Å²) in [6.45, 7) is 10.1. The molecule has 2 aliphatic rings. The van der Waals surface area contributed by atoms with E-state index in [1.807, 2.05) is 33.8 Å². The molecule has 1 aromatic rings. The monoisotopic (exact) mass is 390 g/mol. The number of likely N-dealkylation sites (tertiary alicyclic amines) is 1. The molecule has 1 aliphatic carbocycles. The van der Waals surface area contributed by atoms with Crippen molar-refractivity contribution in [1.29, 1.82) is 0 Å². The van der Waals surface area contributed by atoms with Crippen molar-refractivity contribution in [2.45, 2.75) is 88.7 Å². The van der Waals surface area contributed by atoms with Gasteiger partial charge in [0.05, 0.1) is 6.04 Å². The Morgan fingerprint density at radius 2 is 1.89 bits per heavy atom. The molecule has 1 aliphatic heterocycles. The maximum atomic E-state index is 12.8. The highest BCUT2D eigenvalue weighted by atomic mass is 32.2. The number of hydrogen-bond acceptors (Lipinski definition) is 5. The zero-order chi connectivity index (χ0) is 19.4. The van der Waals surface area contributed by atoms with Gasteiger partial charge in [-0.3, -0.25) is 9.69 Å². The van der Waals surface area contributed by atoms with Gasteiger partial charge in [0.1, 0.15) is 0 Å². The fourth-order valence-electron chi connectivity index (χ4n) is 4.40. The largest absolute Gasteiger partial charge is 0.353 e. The number of aromatic nitrogens is 2. The lowest BCUT2D eigenvalue weighted by atomic mass is 9.89. The van der Waals surface area contributed by atoms with Crippen LogP contribution in [0.5, 0.6) is 0 Å². The number of rotatable bonds is 6. The van der Waals surface area contributed by atoms with Crippen LogP contribution in [-0.4, -0.2) is 51.2 Å². The Labute approximate surface area is 168 Å². The molecule has 0 radical (unpaired) electrons. The molecule has 0 spiro atoms. The van der Waals surface area contributed by atoms with Crippen LogP contribution in [0.15, 0.2) is 11.2 Å². The van der Waals surface area contributed by atoms with E-state index < -0.39 is 0 Å². The molecule has 0 bridgehead atoms. The first kappa shape index (κ1) is 20.6. The Morgan fingerprint density at radius 1 is 1.22 bits per heavy atom. The molecule has 0 unspecified atom stereocenters. The van der Waals surface area contributed by atoms with E-state index in [1.165, 1.54) is 32.1 Å². The Morgan fingerprint density at radius 3 is 2.52 bits per heavy atom. The molecule has 2 atom stereocenters. The van der Waals surface area contributed by atoms with E-state index in [-0.39, 0.29) is 18.0 Å². The van der Waals surface area contributed by atoms with Crippen molar-refractivity contribution in [2.75, 3.05) is 13.1 Å². The van der Waals surface area contributed by atoms with Gasteiger partial charge in [-0.05, 0) is 58.9 Å². The Balaban J connectivity index is 1.68. The second-order valence-electron chi connectivity index (χ2n) is 8.55. The summed E-state index contributed by atoms with van der Waals surface area (Å²) in [4.78, 5) is 24.4. The number of carbonyl (C=O) groups is 1. The van der Waals surface area contributed by atoms with E-state index in [2.05, 4.69) is 20.2 Å². The van der Waals surface area contributed by atoms with E-state index in [9.17, 15) is 4.79 Å². The molecule has 3 rings (SSSR count). The number of nitrogens with zero attached hydrogens (tertiary/aromatic N) is 3. The topological polar surface area (TPSA) is 58.1 Å². The van der Waals surface area contributed by atoms with Gasteiger partial charge in [-0.25, -0.2) is 9.97 Å². The van der Waals surface area contributed by atoms with E-state index in [0.717, 1.165) is 42.0 Å². The summed E-state index contributed by atoms with van der Waals surface area (Å²) in [5, 5.41) is 4.35. The standard InChI is InChI=1S/C21H34N4OS/c1-14(2)22-20(26)19-11-18(27-21-23-15(3)10-16(4)24-21)13-25(19)12-17-8-6-5-7-9-17/h10,14,17-19H,5-9,11-13H2,1-4H3,(H,22,26)/t18-,19-/m0/s1. The van der Waals surface area contributed by atoms with Gasteiger partial charge in [0.15, 0.2) is 5.16 Å². The average Bonchev–Trinajstić information content (AvgIpc) is 2.96. The minimum Gasteiger partial charge on any atom is -0.353 e. The molecule has 6 heteroatoms. The predicted molar refractivity (Wildman–Crippen MR) is 111 cm³/mol. The lowest BCUT2D eigenvalue weighted by molar-refractivity contribution is -0.126. The molecule has 1 amide bonds. The van der Waals surface area contributed by atoms with Crippen molar-refractivity contribution in [3.8, 4) is 0 Å². The molecule has 2 fully saturated rings. The fraction of sp³-hybridized carbons (Fsp3) is 0.762. The maximum Gasteiger partial charge on any atom is 0.237 e. The Hall–Kier alpha value is -1.14. The van der Waals surface area contributed by atoms with Gasteiger partial charge < -0.3 is 5.32 Å². The third kappa shape index (κ3) is 5.92. The van der Waals surface area contributed by atoms with E-state index >= 15 is 0 Å². The maximum absolute atomic E-state index is 12.8. The van der Waals surface area contributed by atoms with E-state index in [4.69, 9.17) is 0 Å². The van der Waals surface area contributed by atoms with Crippen molar-refractivity contribution in [3.05, 3.63) is 17.5 Å². The Bertz CT molecular complexity index is 625. The zero-order valence-electron chi connectivity index (χ0n) is 17.2. The van der Waals surface area contributed by atoms with Crippen LogP contribution >= 0.6 is 11.8 Å². The molecule has 5 nitrogen and oxygen atoms in total. The molecule has 1 saturated heterocycles. The highest BCUT2D eigenvalue weighted by Gasteiger charge is 2.38. The quantitative estimate of drug-likeness (QED) is 0.750. The Kier molecular flexibility index (Phi) is 7.15. The molecule has 1 aromatic heterocycles. The van der Waals surface area contributed by atoms with Crippen LogP contribution in [0, 0.1) is 19.8 Å². The third-order valence-corrected chi connectivity index (χ3v) is 6.62. The number of thioether (sulfide) groups is 1. The minimum absolute atomic E-state index is 0.0160. The average molecular weight is 391 g/mol. The van der Waals surface area contributed by atoms with E-state index in [0.29, 0.717) is 5.25 Å². The molecule has 150 valence electrons. The van der Waals surface area contributed by atoms with Crippen LogP contribution in [0.4, 0.5) is 0 Å². The zero-order valence-corrected chi connectivity index (χ0v) is 18.0. The smallest absolute Gasteiger partial charge is 0.237 e. The lowest BCUT2D eigenvalue weighted by Gasteiger charge is -2.30. The van der Waals surface area contributed by atoms with Gasteiger partial charge in [-0.1, -0.05) is 31.0 Å². The second kappa shape index (κ2) is 9.37. The predicted octanol–water partition coefficient (Wildman–Crippen LogP) is 3.73. The molecule has 0 aromatic carbocycles. The lowest BCUT2D eigenvalue weighted by Crippen LogP contribution is -2.46. The van der Waals surface area contributed by atoms with Crippen LogP contribution in [0.2, 0.25) is 0 Å². The molecule has 27 heavy (non-hydrogen) atoms. The first-order valence-corrected chi connectivity index (χ1v) is 11.3. The van der Waals surface area contributed by atoms with Gasteiger partial charge in [0, 0.05) is 35.8 Å². The van der Waals surface area contributed by atoms with Crippen LogP contribution in [0.1, 0.15) is 63.8 Å². The fourth-order valence-corrected chi connectivity index (χ4v) is 5.63. The van der Waals surface area contributed by atoms with Crippen molar-refractivity contribution >= 4 is 17.7 Å². The summed E-state index contributed by atoms with van der Waals surface area (Å²) in [6, 6.07) is 2.17. The number of carbonyl (C=O) groups excluding carboxylic acids is 1. The molecule has 1 N–H and O–H groups in total. The van der Waals surface area contributed by atoms with Crippen LogP contribution in [0.25, 0.3) is 0 Å².